The molecule has 0 aromatic rings. The van der Waals surface area contributed by atoms with Gasteiger partial charge in [-0.3, -0.25) is 8.98 Å². The summed E-state index contributed by atoms with van der Waals surface area (Å²) in [5, 5.41) is 9.53. The van der Waals surface area contributed by atoms with Crippen LogP contribution in [0, 0.1) is 0 Å². The van der Waals surface area contributed by atoms with E-state index in [9.17, 15) is 18.3 Å². The van der Waals surface area contributed by atoms with Crippen molar-refractivity contribution in [1.29, 1.82) is 0 Å². The quantitative estimate of drug-likeness (QED) is 0.537. The van der Waals surface area contributed by atoms with Gasteiger partial charge in [-0.05, 0) is 0 Å². The smallest absolute Gasteiger partial charge is 0.336 e. The van der Waals surface area contributed by atoms with Gasteiger partial charge < -0.3 is 14.6 Å². The molecular weight excluding hydrogens is 242 g/mol. The molecule has 0 aliphatic carbocycles. The number of methoxy groups -OCH3 is 2. The maximum atomic E-state index is 11.3. The lowest BCUT2D eigenvalue weighted by Gasteiger charge is -2.23. The summed E-state index contributed by atoms with van der Waals surface area (Å²) in [6.45, 7) is -0.485. The van der Waals surface area contributed by atoms with E-state index in [4.69, 9.17) is 4.74 Å². The number of rotatable bonds is 2. The molecule has 0 aromatic heterocycles. The predicted octanol–water partition coefficient (Wildman–Crippen LogP) is -2.23. The largest absolute Gasteiger partial charge is 0.468 e. The number of nitrogens with one attached hydrogen (secondary N) is 1. The SMILES string of the molecule is COC(=O)[C@H]1NS(=O)(=O)OC[C@@H](O)[C@H]1OC. The molecule has 0 radical (unpaired) electrons. The normalized spacial score (nSPS) is 34.1. The number of hydrogen-bond donors (Lipinski definition) is 2. The molecule has 94 valence electrons. The van der Waals surface area contributed by atoms with Gasteiger partial charge in [-0.15, -0.1) is 0 Å². The Morgan fingerprint density at radius 3 is 2.62 bits per heavy atom. The van der Waals surface area contributed by atoms with Gasteiger partial charge in [0.15, 0.2) is 0 Å². The fourth-order valence-electron chi connectivity index (χ4n) is 1.34. The highest BCUT2D eigenvalue weighted by Gasteiger charge is 2.41. The van der Waals surface area contributed by atoms with Crippen LogP contribution >= 0.6 is 0 Å². The standard InChI is InChI=1S/C7H13NO7S/c1-13-6-4(9)3-15-16(11,12)8-5(6)7(10)14-2/h4-6,8-9H,3H2,1-2H3/t4-,5+,6-/m1/s1. The van der Waals surface area contributed by atoms with E-state index in [0.717, 1.165) is 7.11 Å². The van der Waals surface area contributed by atoms with Crippen LogP contribution in [0.2, 0.25) is 0 Å². The van der Waals surface area contributed by atoms with Crippen molar-refractivity contribution in [1.82, 2.24) is 4.72 Å². The summed E-state index contributed by atoms with van der Waals surface area (Å²) in [5.74, 6) is -0.861. The van der Waals surface area contributed by atoms with Crippen LogP contribution in [-0.2, 0) is 28.8 Å². The lowest BCUT2D eigenvalue weighted by atomic mass is 10.1. The second-order valence-electron chi connectivity index (χ2n) is 3.12. The summed E-state index contributed by atoms with van der Waals surface area (Å²) in [4.78, 5) is 11.3. The highest BCUT2D eigenvalue weighted by atomic mass is 32.2. The Labute approximate surface area is 92.7 Å². The average molecular weight is 255 g/mol. The third-order valence-electron chi connectivity index (χ3n) is 2.10. The van der Waals surface area contributed by atoms with E-state index in [2.05, 4.69) is 8.92 Å². The zero-order valence-corrected chi connectivity index (χ0v) is 9.56. The molecule has 0 bridgehead atoms. The van der Waals surface area contributed by atoms with Crippen molar-refractivity contribution in [2.75, 3.05) is 20.8 Å². The number of hydrogen-bond acceptors (Lipinski definition) is 7. The van der Waals surface area contributed by atoms with Gasteiger partial charge in [-0.1, -0.05) is 0 Å². The molecule has 1 aliphatic rings. The first-order chi connectivity index (χ1) is 7.41. The maximum Gasteiger partial charge on any atom is 0.336 e. The van der Waals surface area contributed by atoms with Crippen molar-refractivity contribution in [2.24, 2.45) is 0 Å². The molecule has 0 spiro atoms. The van der Waals surface area contributed by atoms with Crippen molar-refractivity contribution in [3.05, 3.63) is 0 Å². The third kappa shape index (κ3) is 2.89. The van der Waals surface area contributed by atoms with Crippen LogP contribution in [0.5, 0.6) is 0 Å². The van der Waals surface area contributed by atoms with Gasteiger partial charge in [0.2, 0.25) is 0 Å². The lowest BCUT2D eigenvalue weighted by molar-refractivity contribution is -0.149. The van der Waals surface area contributed by atoms with Crippen LogP contribution < -0.4 is 4.72 Å². The van der Waals surface area contributed by atoms with Crippen LogP contribution in [0.3, 0.4) is 0 Å². The molecule has 2 N–H and O–H groups in total. The van der Waals surface area contributed by atoms with E-state index in [-0.39, 0.29) is 0 Å². The van der Waals surface area contributed by atoms with Gasteiger partial charge >= 0.3 is 16.3 Å². The van der Waals surface area contributed by atoms with Gasteiger partial charge in [0.1, 0.15) is 18.2 Å². The highest BCUT2D eigenvalue weighted by Crippen LogP contribution is 2.13. The number of esters is 1. The molecule has 3 atom stereocenters. The first-order valence-corrected chi connectivity index (χ1v) is 5.77. The Kier molecular flexibility index (Phi) is 4.21. The minimum Gasteiger partial charge on any atom is -0.468 e. The highest BCUT2D eigenvalue weighted by molar-refractivity contribution is 7.84. The summed E-state index contributed by atoms with van der Waals surface area (Å²) in [6.07, 6.45) is -2.32. The molecular formula is C7H13NO7S. The molecule has 0 unspecified atom stereocenters. The van der Waals surface area contributed by atoms with Crippen LogP contribution in [0.15, 0.2) is 0 Å². The van der Waals surface area contributed by atoms with Gasteiger partial charge in [0, 0.05) is 7.11 Å². The van der Waals surface area contributed by atoms with Crippen molar-refractivity contribution >= 4 is 16.3 Å². The van der Waals surface area contributed by atoms with Gasteiger partial charge in [0.25, 0.3) is 0 Å². The average Bonchev–Trinajstić information content (AvgIpc) is 2.35. The van der Waals surface area contributed by atoms with E-state index >= 15 is 0 Å². The van der Waals surface area contributed by atoms with Crippen molar-refractivity contribution in [3.63, 3.8) is 0 Å². The van der Waals surface area contributed by atoms with Crippen LogP contribution in [0.25, 0.3) is 0 Å². The van der Waals surface area contributed by atoms with Crippen LogP contribution in [0.1, 0.15) is 0 Å². The minimum atomic E-state index is -4.09. The van der Waals surface area contributed by atoms with Crippen molar-refractivity contribution in [3.8, 4) is 0 Å². The summed E-state index contributed by atoms with van der Waals surface area (Å²) < 4.78 is 38.0. The number of carbonyl (C=O) groups excluding carboxylic acids is 1. The molecule has 1 fully saturated rings. The Hall–Kier alpha value is -0.740. The van der Waals surface area contributed by atoms with Gasteiger partial charge in [-0.2, -0.15) is 13.1 Å². The fourth-order valence-corrected chi connectivity index (χ4v) is 2.26. The first-order valence-electron chi connectivity index (χ1n) is 4.36. The summed E-state index contributed by atoms with van der Waals surface area (Å²) in [5.41, 5.74) is 0. The van der Waals surface area contributed by atoms with E-state index in [1.165, 1.54) is 7.11 Å². The molecule has 1 aliphatic heterocycles. The minimum absolute atomic E-state index is 0.485. The Morgan fingerprint density at radius 2 is 2.12 bits per heavy atom. The molecule has 1 rings (SSSR count). The second kappa shape index (κ2) is 5.06. The molecule has 9 heteroatoms. The number of ether oxygens (including phenoxy) is 2. The maximum absolute atomic E-state index is 11.3. The zero-order chi connectivity index (χ0) is 12.3. The topological polar surface area (TPSA) is 111 Å². The van der Waals surface area contributed by atoms with Gasteiger partial charge in [-0.25, -0.2) is 0 Å². The Morgan fingerprint density at radius 1 is 1.50 bits per heavy atom. The van der Waals surface area contributed by atoms with E-state index in [0.29, 0.717) is 0 Å². The summed E-state index contributed by atoms with van der Waals surface area (Å²) >= 11 is 0. The van der Waals surface area contributed by atoms with Gasteiger partial charge in [0.05, 0.1) is 13.7 Å². The molecule has 8 nitrogen and oxygen atoms in total. The summed E-state index contributed by atoms with van der Waals surface area (Å²) in [6, 6.07) is -1.34. The molecule has 0 saturated carbocycles. The third-order valence-corrected chi connectivity index (χ3v) is 3.09. The first kappa shape index (κ1) is 13.3. The Balaban J connectivity index is 3.00. The number of carbonyl (C=O) groups is 1. The van der Waals surface area contributed by atoms with E-state index in [1.807, 2.05) is 4.72 Å². The van der Waals surface area contributed by atoms with Crippen LogP contribution in [0.4, 0.5) is 0 Å². The number of aliphatic hydroxyl groups is 1. The molecule has 0 aromatic carbocycles. The predicted molar refractivity (Wildman–Crippen MR) is 50.6 cm³/mol. The fraction of sp³-hybridized carbons (Fsp3) is 0.857. The molecule has 0 amide bonds. The van der Waals surface area contributed by atoms with E-state index in [1.54, 1.807) is 0 Å². The molecule has 1 saturated heterocycles. The van der Waals surface area contributed by atoms with Crippen LogP contribution in [-0.4, -0.2) is 58.6 Å². The van der Waals surface area contributed by atoms with Crippen molar-refractivity contribution in [2.45, 2.75) is 18.2 Å². The monoisotopic (exact) mass is 255 g/mol. The van der Waals surface area contributed by atoms with Crippen molar-refractivity contribution < 1.29 is 32.0 Å². The lowest BCUT2D eigenvalue weighted by Crippen LogP contribution is -2.52. The van der Waals surface area contributed by atoms with E-state index < -0.39 is 41.1 Å². The second-order valence-corrected chi connectivity index (χ2v) is 4.50. The molecule has 16 heavy (non-hydrogen) atoms. The molecule has 1 heterocycles. The number of aliphatic hydroxyl groups excluding tert-OH is 1. The zero-order valence-electron chi connectivity index (χ0n) is 8.74. The Bertz CT molecular complexity index is 354. The summed E-state index contributed by atoms with van der Waals surface area (Å²) in [7, 11) is -1.75.